The molecule has 0 aliphatic heterocycles. The minimum Gasteiger partial charge on any atom is -0.251 e. The van der Waals surface area contributed by atoms with E-state index >= 15 is 0 Å². The molecule has 10 aromatic rings. The van der Waals surface area contributed by atoms with Crippen molar-refractivity contribution in [3.63, 3.8) is 0 Å². The first-order chi connectivity index (χ1) is 23.3. The maximum absolute atomic E-state index is 5.72. The molecule has 1 atom stereocenters. The van der Waals surface area contributed by atoms with Crippen LogP contribution in [0.4, 0.5) is 0 Å². The van der Waals surface area contributed by atoms with Crippen LogP contribution >= 0.6 is 22.7 Å². The first kappa shape index (κ1) is 25.8. The Labute approximate surface area is 279 Å². The van der Waals surface area contributed by atoms with Gasteiger partial charge in [0.25, 0.3) is 0 Å². The Bertz CT molecular complexity index is 2930. The minimum absolute atomic E-state index is 0.0227. The molecule has 0 fully saturated rings. The van der Waals surface area contributed by atoms with Crippen LogP contribution in [0.3, 0.4) is 0 Å². The highest BCUT2D eigenvalue weighted by molar-refractivity contribution is 7.26. The molecular formula is C44H25NS2. The van der Waals surface area contributed by atoms with Gasteiger partial charge in [-0.05, 0) is 62.5 Å². The highest BCUT2D eigenvalue weighted by Crippen LogP contribution is 2.57. The molecule has 0 N–H and O–H groups in total. The van der Waals surface area contributed by atoms with E-state index in [2.05, 4.69) is 146 Å². The van der Waals surface area contributed by atoms with Gasteiger partial charge in [0, 0.05) is 51.5 Å². The summed E-state index contributed by atoms with van der Waals surface area (Å²) in [6.07, 6.45) is 0. The van der Waals surface area contributed by atoms with Crippen molar-refractivity contribution in [1.82, 2.24) is 4.98 Å². The van der Waals surface area contributed by atoms with E-state index in [1.165, 1.54) is 84.1 Å². The molecule has 0 spiro atoms. The zero-order chi connectivity index (χ0) is 30.6. The Morgan fingerprint density at radius 1 is 0.489 bits per heavy atom. The number of benzene rings is 7. The van der Waals surface area contributed by atoms with Crippen molar-refractivity contribution in [3.8, 4) is 22.4 Å². The van der Waals surface area contributed by atoms with E-state index in [-0.39, 0.29) is 5.92 Å². The summed E-state index contributed by atoms with van der Waals surface area (Å²) in [4.78, 5) is 5.72. The first-order valence-electron chi connectivity index (χ1n) is 16.1. The number of fused-ring (bicyclic) bond motifs is 14. The van der Waals surface area contributed by atoms with Crippen molar-refractivity contribution < 1.29 is 0 Å². The van der Waals surface area contributed by atoms with Crippen LogP contribution in [0, 0.1) is 0 Å². The summed E-state index contributed by atoms with van der Waals surface area (Å²) >= 11 is 3.81. The maximum Gasteiger partial charge on any atom is 0.0798 e. The van der Waals surface area contributed by atoms with Gasteiger partial charge in [-0.3, -0.25) is 4.98 Å². The maximum atomic E-state index is 5.72. The lowest BCUT2D eigenvalue weighted by molar-refractivity contribution is 0.964. The van der Waals surface area contributed by atoms with E-state index in [4.69, 9.17) is 4.98 Å². The molecule has 1 aliphatic rings. The molecule has 1 nitrogen and oxygen atoms in total. The fraction of sp³-hybridized carbons (Fsp3) is 0.0227. The molecule has 0 saturated carbocycles. The highest BCUT2D eigenvalue weighted by atomic mass is 32.1. The van der Waals surface area contributed by atoms with Gasteiger partial charge >= 0.3 is 0 Å². The van der Waals surface area contributed by atoms with Gasteiger partial charge in [-0.1, -0.05) is 121 Å². The predicted octanol–water partition coefficient (Wildman–Crippen LogP) is 13.0. The average molecular weight is 632 g/mol. The van der Waals surface area contributed by atoms with Gasteiger partial charge in [-0.2, -0.15) is 0 Å². The number of nitrogens with zero attached hydrogens (tertiary/aromatic N) is 1. The molecule has 47 heavy (non-hydrogen) atoms. The second kappa shape index (κ2) is 9.59. The molecule has 0 bridgehead atoms. The van der Waals surface area contributed by atoms with Gasteiger partial charge in [0.05, 0.1) is 17.3 Å². The van der Waals surface area contributed by atoms with E-state index in [0.717, 1.165) is 17.0 Å². The molecule has 1 unspecified atom stereocenters. The zero-order valence-corrected chi connectivity index (χ0v) is 26.8. The van der Waals surface area contributed by atoms with Gasteiger partial charge in [0.1, 0.15) is 0 Å². The van der Waals surface area contributed by atoms with E-state index in [9.17, 15) is 0 Å². The minimum atomic E-state index is 0.0227. The van der Waals surface area contributed by atoms with Crippen molar-refractivity contribution in [2.75, 3.05) is 0 Å². The molecule has 3 heterocycles. The van der Waals surface area contributed by atoms with E-state index in [1.807, 2.05) is 22.7 Å². The largest absolute Gasteiger partial charge is 0.251 e. The molecule has 0 amide bonds. The summed E-state index contributed by atoms with van der Waals surface area (Å²) in [5.41, 5.74) is 8.79. The highest BCUT2D eigenvalue weighted by Gasteiger charge is 2.36. The van der Waals surface area contributed by atoms with E-state index < -0.39 is 0 Å². The lowest BCUT2D eigenvalue weighted by Gasteiger charge is -2.18. The van der Waals surface area contributed by atoms with Crippen LogP contribution in [0.15, 0.2) is 146 Å². The molecule has 218 valence electrons. The quantitative estimate of drug-likeness (QED) is 0.185. The summed E-state index contributed by atoms with van der Waals surface area (Å²) in [5.74, 6) is 0.0227. The lowest BCUT2D eigenvalue weighted by atomic mass is 9.87. The standard InChI is InChI=1S/C44H25NS2/c1-2-12-26-23-27(22-21-25(26)11-1)43-40-33-18-8-9-19-35(33)46-37(40)24-34(45-43)39-29-14-4-6-16-31(29)42-41(39)30-15-5-3-13-28(30)38-32-17-7-10-20-36(32)47-44(38)42/h1-24,39H. The van der Waals surface area contributed by atoms with E-state index in [1.54, 1.807) is 0 Å². The monoisotopic (exact) mass is 631 g/mol. The van der Waals surface area contributed by atoms with Crippen LogP contribution in [-0.2, 0) is 0 Å². The number of hydrogen-bond donors (Lipinski definition) is 0. The number of rotatable bonds is 2. The topological polar surface area (TPSA) is 12.9 Å². The third-order valence-corrected chi connectivity index (χ3v) is 12.4. The molecule has 0 radical (unpaired) electrons. The molecule has 11 rings (SSSR count). The summed E-state index contributed by atoms with van der Waals surface area (Å²) in [6.45, 7) is 0. The fourth-order valence-corrected chi connectivity index (χ4v) is 10.6. The van der Waals surface area contributed by atoms with Crippen molar-refractivity contribution in [3.05, 3.63) is 162 Å². The molecule has 3 aromatic heterocycles. The van der Waals surface area contributed by atoms with E-state index in [0.29, 0.717) is 0 Å². The van der Waals surface area contributed by atoms with Crippen molar-refractivity contribution >= 4 is 84.6 Å². The van der Waals surface area contributed by atoms with Gasteiger partial charge in [0.2, 0.25) is 0 Å². The Morgan fingerprint density at radius 2 is 1.15 bits per heavy atom. The SMILES string of the molecule is c1ccc2c(c1)-c1c(c3ccccc3c3c1sc1ccccc13)C2c1cc2sc3ccccc3c2c(-c2ccc3ccccc3c2)n1. The Kier molecular flexibility index (Phi) is 5.26. The van der Waals surface area contributed by atoms with Crippen molar-refractivity contribution in [1.29, 1.82) is 0 Å². The second-order valence-electron chi connectivity index (χ2n) is 12.6. The molecule has 1 aliphatic carbocycles. The van der Waals surface area contributed by atoms with Crippen LogP contribution in [-0.4, -0.2) is 4.98 Å². The number of aromatic nitrogens is 1. The molecule has 3 heteroatoms. The van der Waals surface area contributed by atoms with Gasteiger partial charge in [0.15, 0.2) is 0 Å². The normalized spacial score (nSPS) is 14.2. The Balaban J connectivity index is 1.28. The number of pyridine rings is 1. The number of thiophene rings is 2. The first-order valence-corrected chi connectivity index (χ1v) is 17.7. The molecular weight excluding hydrogens is 607 g/mol. The van der Waals surface area contributed by atoms with Crippen molar-refractivity contribution in [2.45, 2.75) is 5.92 Å². The average Bonchev–Trinajstić information content (AvgIpc) is 3.81. The summed E-state index contributed by atoms with van der Waals surface area (Å²) in [6, 6.07) is 53.6. The van der Waals surface area contributed by atoms with Crippen LogP contribution in [0.25, 0.3) is 84.3 Å². The summed E-state index contributed by atoms with van der Waals surface area (Å²) in [5, 5.41) is 10.4. The third-order valence-electron chi connectivity index (χ3n) is 10.1. The Hall–Kier alpha value is -5.35. The van der Waals surface area contributed by atoms with Crippen LogP contribution < -0.4 is 0 Å². The van der Waals surface area contributed by atoms with Crippen molar-refractivity contribution in [2.24, 2.45) is 0 Å². The summed E-state index contributed by atoms with van der Waals surface area (Å²) < 4.78 is 5.31. The Morgan fingerprint density at radius 3 is 2.00 bits per heavy atom. The summed E-state index contributed by atoms with van der Waals surface area (Å²) in [7, 11) is 0. The second-order valence-corrected chi connectivity index (χ2v) is 14.7. The van der Waals surface area contributed by atoms with Crippen LogP contribution in [0.2, 0.25) is 0 Å². The lowest BCUT2D eigenvalue weighted by Crippen LogP contribution is -2.04. The molecule has 7 aromatic carbocycles. The zero-order valence-electron chi connectivity index (χ0n) is 25.2. The van der Waals surface area contributed by atoms with Gasteiger partial charge < -0.3 is 0 Å². The third kappa shape index (κ3) is 3.56. The fourth-order valence-electron chi connectivity index (χ4n) is 8.14. The predicted molar refractivity (Wildman–Crippen MR) is 203 cm³/mol. The van der Waals surface area contributed by atoms with Crippen LogP contribution in [0.5, 0.6) is 0 Å². The smallest absolute Gasteiger partial charge is 0.0798 e. The van der Waals surface area contributed by atoms with Gasteiger partial charge in [-0.15, -0.1) is 22.7 Å². The molecule has 0 saturated heterocycles. The van der Waals surface area contributed by atoms with Crippen LogP contribution in [0.1, 0.15) is 22.7 Å². The van der Waals surface area contributed by atoms with Gasteiger partial charge in [-0.25, -0.2) is 0 Å². The number of hydrogen-bond acceptors (Lipinski definition) is 3.